The standard InChI is InChI=1S/C12H16Cl2N2O3S/c1-12(3-2-4-19-12)7-16-20(17,18)11-9(13)5-8(15)6-10(11)14/h5-6,16H,2-4,7,15H2,1H3. The third-order valence-electron chi connectivity index (χ3n) is 3.23. The van der Waals surface area contributed by atoms with Crippen LogP contribution in [0, 0.1) is 0 Å². The number of sulfonamides is 1. The van der Waals surface area contributed by atoms with Gasteiger partial charge < -0.3 is 10.5 Å². The molecular formula is C12H16Cl2N2O3S. The monoisotopic (exact) mass is 338 g/mol. The topological polar surface area (TPSA) is 81.4 Å². The molecule has 2 rings (SSSR count). The summed E-state index contributed by atoms with van der Waals surface area (Å²) < 4.78 is 32.7. The van der Waals surface area contributed by atoms with Gasteiger partial charge >= 0.3 is 0 Å². The number of benzene rings is 1. The van der Waals surface area contributed by atoms with E-state index in [4.69, 9.17) is 33.7 Å². The van der Waals surface area contributed by atoms with Crippen molar-refractivity contribution in [1.82, 2.24) is 4.72 Å². The predicted molar refractivity (Wildman–Crippen MR) is 79.7 cm³/mol. The van der Waals surface area contributed by atoms with Crippen molar-refractivity contribution in [2.45, 2.75) is 30.3 Å². The Morgan fingerprint density at radius 2 is 2.00 bits per heavy atom. The van der Waals surface area contributed by atoms with Crippen LogP contribution in [0.4, 0.5) is 5.69 Å². The van der Waals surface area contributed by atoms with Crippen LogP contribution in [-0.2, 0) is 14.8 Å². The first-order chi connectivity index (χ1) is 9.23. The highest BCUT2D eigenvalue weighted by Crippen LogP contribution is 2.32. The average molecular weight is 339 g/mol. The van der Waals surface area contributed by atoms with E-state index in [0.717, 1.165) is 12.8 Å². The minimum atomic E-state index is -3.81. The average Bonchev–Trinajstić information content (AvgIpc) is 2.73. The van der Waals surface area contributed by atoms with Crippen LogP contribution in [-0.4, -0.2) is 27.2 Å². The van der Waals surface area contributed by atoms with Crippen LogP contribution in [0.25, 0.3) is 0 Å². The number of nitrogens with two attached hydrogens (primary N) is 1. The van der Waals surface area contributed by atoms with E-state index in [2.05, 4.69) is 4.72 Å². The number of rotatable bonds is 4. The molecule has 0 saturated carbocycles. The largest absolute Gasteiger partial charge is 0.399 e. The second-order valence-corrected chi connectivity index (χ2v) is 7.56. The van der Waals surface area contributed by atoms with E-state index >= 15 is 0 Å². The fraction of sp³-hybridized carbons (Fsp3) is 0.500. The zero-order valence-corrected chi connectivity index (χ0v) is 13.3. The maximum atomic E-state index is 12.3. The molecule has 0 spiro atoms. The molecule has 112 valence electrons. The molecule has 0 bridgehead atoms. The Morgan fingerprint density at radius 3 is 2.50 bits per heavy atom. The van der Waals surface area contributed by atoms with Crippen LogP contribution in [0.2, 0.25) is 10.0 Å². The zero-order valence-electron chi connectivity index (χ0n) is 10.9. The van der Waals surface area contributed by atoms with Crippen molar-refractivity contribution < 1.29 is 13.2 Å². The zero-order chi connectivity index (χ0) is 15.0. The fourth-order valence-corrected chi connectivity index (χ4v) is 4.52. The number of nitrogen functional groups attached to an aromatic ring is 1. The number of anilines is 1. The molecule has 0 aliphatic carbocycles. The second-order valence-electron chi connectivity index (χ2n) is 5.04. The van der Waals surface area contributed by atoms with Crippen molar-refractivity contribution in [2.75, 3.05) is 18.9 Å². The van der Waals surface area contributed by atoms with E-state index in [1.165, 1.54) is 12.1 Å². The van der Waals surface area contributed by atoms with Crippen molar-refractivity contribution in [1.29, 1.82) is 0 Å². The molecule has 8 heteroatoms. The summed E-state index contributed by atoms with van der Waals surface area (Å²) in [5.74, 6) is 0. The van der Waals surface area contributed by atoms with Gasteiger partial charge in [-0.15, -0.1) is 0 Å². The number of ether oxygens (including phenoxy) is 1. The van der Waals surface area contributed by atoms with Gasteiger partial charge in [0.15, 0.2) is 0 Å². The second kappa shape index (κ2) is 5.69. The van der Waals surface area contributed by atoms with Crippen LogP contribution in [0.15, 0.2) is 17.0 Å². The molecule has 1 heterocycles. The first-order valence-corrected chi connectivity index (χ1v) is 8.36. The van der Waals surface area contributed by atoms with Crippen molar-refractivity contribution in [3.05, 3.63) is 22.2 Å². The highest BCUT2D eigenvalue weighted by atomic mass is 35.5. The molecule has 20 heavy (non-hydrogen) atoms. The van der Waals surface area contributed by atoms with E-state index in [0.29, 0.717) is 12.3 Å². The molecule has 0 amide bonds. The van der Waals surface area contributed by atoms with E-state index in [-0.39, 0.29) is 21.5 Å². The summed E-state index contributed by atoms with van der Waals surface area (Å²) in [6, 6.07) is 2.71. The van der Waals surface area contributed by atoms with Gasteiger partial charge in [-0.05, 0) is 31.9 Å². The molecule has 1 aromatic rings. The molecule has 1 unspecified atom stereocenters. The van der Waals surface area contributed by atoms with E-state index in [1.54, 1.807) is 0 Å². The lowest BCUT2D eigenvalue weighted by Gasteiger charge is -2.23. The summed E-state index contributed by atoms with van der Waals surface area (Å²) in [4.78, 5) is -0.156. The van der Waals surface area contributed by atoms with E-state index in [9.17, 15) is 8.42 Å². The molecule has 1 aliphatic rings. The van der Waals surface area contributed by atoms with E-state index in [1.807, 2.05) is 6.92 Å². The van der Waals surface area contributed by atoms with Gasteiger partial charge in [-0.2, -0.15) is 0 Å². The lowest BCUT2D eigenvalue weighted by molar-refractivity contribution is 0.0250. The maximum absolute atomic E-state index is 12.3. The van der Waals surface area contributed by atoms with Crippen LogP contribution in [0.5, 0.6) is 0 Å². The third-order valence-corrected chi connectivity index (χ3v) is 5.55. The van der Waals surface area contributed by atoms with Crippen LogP contribution >= 0.6 is 23.2 Å². The number of halogens is 2. The number of hydrogen-bond acceptors (Lipinski definition) is 4. The van der Waals surface area contributed by atoms with Gasteiger partial charge in [-0.1, -0.05) is 23.2 Å². The molecular weight excluding hydrogens is 323 g/mol. The minimum Gasteiger partial charge on any atom is -0.399 e. The van der Waals surface area contributed by atoms with Gasteiger partial charge in [-0.25, -0.2) is 13.1 Å². The Morgan fingerprint density at radius 1 is 1.40 bits per heavy atom. The molecule has 3 N–H and O–H groups in total. The van der Waals surface area contributed by atoms with Crippen molar-refractivity contribution in [3.8, 4) is 0 Å². The van der Waals surface area contributed by atoms with Crippen molar-refractivity contribution >= 4 is 38.9 Å². The van der Waals surface area contributed by atoms with Gasteiger partial charge in [0.1, 0.15) is 4.90 Å². The van der Waals surface area contributed by atoms with Crippen LogP contribution in [0.3, 0.4) is 0 Å². The summed E-state index contributed by atoms with van der Waals surface area (Å²) >= 11 is 11.9. The molecule has 1 aliphatic heterocycles. The quantitative estimate of drug-likeness (QED) is 0.826. The first kappa shape index (κ1) is 15.9. The SMILES string of the molecule is CC1(CNS(=O)(=O)c2c(Cl)cc(N)cc2Cl)CCCO1. The molecule has 1 saturated heterocycles. The van der Waals surface area contributed by atoms with Gasteiger partial charge in [0, 0.05) is 18.8 Å². The van der Waals surface area contributed by atoms with Gasteiger partial charge in [0.05, 0.1) is 15.6 Å². The van der Waals surface area contributed by atoms with Gasteiger partial charge in [-0.3, -0.25) is 0 Å². The molecule has 1 fully saturated rings. The normalized spacial score (nSPS) is 23.1. The lowest BCUT2D eigenvalue weighted by Crippen LogP contribution is -2.40. The smallest absolute Gasteiger partial charge is 0.243 e. The Balaban J connectivity index is 2.23. The van der Waals surface area contributed by atoms with Gasteiger partial charge in [0.25, 0.3) is 0 Å². The predicted octanol–water partition coefficient (Wildman–Crippen LogP) is 2.42. The molecule has 1 atom stereocenters. The van der Waals surface area contributed by atoms with Crippen molar-refractivity contribution in [2.24, 2.45) is 0 Å². The Kier molecular flexibility index (Phi) is 4.51. The molecule has 1 aromatic carbocycles. The molecule has 0 radical (unpaired) electrons. The summed E-state index contributed by atoms with van der Waals surface area (Å²) in [5.41, 5.74) is 5.39. The fourth-order valence-electron chi connectivity index (χ4n) is 2.13. The summed E-state index contributed by atoms with van der Waals surface area (Å²) in [6.07, 6.45) is 1.72. The van der Waals surface area contributed by atoms with Crippen molar-refractivity contribution in [3.63, 3.8) is 0 Å². The van der Waals surface area contributed by atoms with Crippen LogP contribution in [0.1, 0.15) is 19.8 Å². The van der Waals surface area contributed by atoms with Gasteiger partial charge in [0.2, 0.25) is 10.0 Å². The Hall–Kier alpha value is -0.530. The summed E-state index contributed by atoms with van der Waals surface area (Å²) in [6.45, 7) is 2.68. The maximum Gasteiger partial charge on any atom is 0.243 e. The lowest BCUT2D eigenvalue weighted by atomic mass is 10.0. The highest BCUT2D eigenvalue weighted by Gasteiger charge is 2.32. The summed E-state index contributed by atoms with van der Waals surface area (Å²) in [5, 5.41) is -0.0000123. The Bertz CT molecular complexity index is 590. The Labute approximate surface area is 128 Å². The minimum absolute atomic E-state index is 0.00000614. The number of hydrogen-bond donors (Lipinski definition) is 2. The van der Waals surface area contributed by atoms with Crippen LogP contribution < -0.4 is 10.5 Å². The number of nitrogens with one attached hydrogen (secondary N) is 1. The highest BCUT2D eigenvalue weighted by molar-refractivity contribution is 7.89. The van der Waals surface area contributed by atoms with E-state index < -0.39 is 15.6 Å². The first-order valence-electron chi connectivity index (χ1n) is 6.12. The molecule has 0 aromatic heterocycles. The summed E-state index contributed by atoms with van der Waals surface area (Å²) in [7, 11) is -3.81. The molecule has 5 nitrogen and oxygen atoms in total. The third kappa shape index (κ3) is 3.38.